The fourth-order valence-corrected chi connectivity index (χ4v) is 2.70. The van der Waals surface area contributed by atoms with Crippen molar-refractivity contribution in [3.05, 3.63) is 68.3 Å². The van der Waals surface area contributed by atoms with Crippen molar-refractivity contribution in [1.29, 1.82) is 0 Å². The third kappa shape index (κ3) is 3.50. The van der Waals surface area contributed by atoms with Crippen LogP contribution < -0.4 is 0 Å². The second-order valence-corrected chi connectivity index (χ2v) is 5.50. The third-order valence-electron chi connectivity index (χ3n) is 3.51. The van der Waals surface area contributed by atoms with E-state index < -0.39 is 12.0 Å². The van der Waals surface area contributed by atoms with Gasteiger partial charge in [-0.15, -0.1) is 0 Å². The quantitative estimate of drug-likeness (QED) is 0.348. The summed E-state index contributed by atoms with van der Waals surface area (Å²) in [6.07, 6.45) is 1.82. The van der Waals surface area contributed by atoms with Crippen LogP contribution in [0.25, 0.3) is 10.4 Å². The van der Waals surface area contributed by atoms with Crippen molar-refractivity contribution in [3.63, 3.8) is 0 Å². The van der Waals surface area contributed by atoms with Gasteiger partial charge in [-0.25, -0.2) is 4.79 Å². The van der Waals surface area contributed by atoms with Crippen LogP contribution in [0.4, 0.5) is 0 Å². The highest BCUT2D eigenvalue weighted by Crippen LogP contribution is 2.32. The summed E-state index contributed by atoms with van der Waals surface area (Å²) in [5.41, 5.74) is 11.5. The highest BCUT2D eigenvalue weighted by molar-refractivity contribution is 6.30. The van der Waals surface area contributed by atoms with Crippen molar-refractivity contribution in [2.24, 2.45) is 12.2 Å². The average molecular weight is 333 g/mol. The standard InChI is InChI=1S/C16H17ClN4O2/c1-4-23-16(22)13-10(2)9-21(3)15(13)14(19-20-18)11-5-7-12(17)8-6-11/h5-9,14H,4H2,1-3H3. The first kappa shape index (κ1) is 16.9. The maximum Gasteiger partial charge on any atom is 0.340 e. The van der Waals surface area contributed by atoms with Crippen LogP contribution in [-0.4, -0.2) is 17.1 Å². The van der Waals surface area contributed by atoms with Crippen molar-refractivity contribution in [2.75, 3.05) is 6.61 Å². The highest BCUT2D eigenvalue weighted by atomic mass is 35.5. The molecule has 0 saturated carbocycles. The number of esters is 1. The van der Waals surface area contributed by atoms with Gasteiger partial charge in [-0.05, 0) is 42.6 Å². The van der Waals surface area contributed by atoms with E-state index in [0.29, 0.717) is 16.3 Å². The first-order valence-electron chi connectivity index (χ1n) is 7.12. The molecule has 7 heteroatoms. The number of rotatable bonds is 5. The molecule has 1 heterocycles. The van der Waals surface area contributed by atoms with Gasteiger partial charge >= 0.3 is 5.97 Å². The van der Waals surface area contributed by atoms with Crippen molar-refractivity contribution in [2.45, 2.75) is 19.9 Å². The molecule has 23 heavy (non-hydrogen) atoms. The van der Waals surface area contributed by atoms with Gasteiger partial charge < -0.3 is 9.30 Å². The van der Waals surface area contributed by atoms with Gasteiger partial charge in [0.15, 0.2) is 0 Å². The van der Waals surface area contributed by atoms with Crippen LogP contribution in [0.2, 0.25) is 5.02 Å². The van der Waals surface area contributed by atoms with Gasteiger partial charge in [-0.1, -0.05) is 28.8 Å². The molecule has 2 aromatic rings. The van der Waals surface area contributed by atoms with E-state index in [1.807, 2.05) is 13.1 Å². The Bertz CT molecular complexity index is 761. The van der Waals surface area contributed by atoms with Crippen molar-refractivity contribution >= 4 is 17.6 Å². The van der Waals surface area contributed by atoms with Crippen molar-refractivity contribution in [3.8, 4) is 0 Å². The van der Waals surface area contributed by atoms with Crippen LogP contribution in [0.5, 0.6) is 0 Å². The molecule has 0 bridgehead atoms. The summed E-state index contributed by atoms with van der Waals surface area (Å²) < 4.78 is 6.93. The molecular formula is C16H17ClN4O2. The predicted octanol–water partition coefficient (Wildman–Crippen LogP) is 4.56. The Morgan fingerprint density at radius 2 is 2.09 bits per heavy atom. The molecular weight excluding hydrogens is 316 g/mol. The van der Waals surface area contributed by atoms with Gasteiger partial charge in [0, 0.05) is 28.9 Å². The first-order valence-corrected chi connectivity index (χ1v) is 7.50. The molecule has 1 aromatic heterocycles. The highest BCUT2D eigenvalue weighted by Gasteiger charge is 2.26. The number of aryl methyl sites for hydroxylation is 2. The number of ether oxygens (including phenoxy) is 1. The molecule has 0 aliphatic heterocycles. The van der Waals surface area contributed by atoms with Crippen LogP contribution in [0.1, 0.15) is 40.1 Å². The Hall–Kier alpha value is -2.43. The molecule has 0 N–H and O–H groups in total. The van der Waals surface area contributed by atoms with Gasteiger partial charge in [-0.3, -0.25) is 0 Å². The summed E-state index contributed by atoms with van der Waals surface area (Å²) in [7, 11) is 1.81. The zero-order chi connectivity index (χ0) is 17.0. The van der Waals surface area contributed by atoms with E-state index in [2.05, 4.69) is 10.0 Å². The fourth-order valence-electron chi connectivity index (χ4n) is 2.58. The number of carbonyl (C=O) groups is 1. The molecule has 0 fully saturated rings. The van der Waals surface area contributed by atoms with Crippen LogP contribution in [-0.2, 0) is 11.8 Å². The topological polar surface area (TPSA) is 80.0 Å². The maximum atomic E-state index is 12.3. The van der Waals surface area contributed by atoms with E-state index in [1.54, 1.807) is 42.8 Å². The fraction of sp³-hybridized carbons (Fsp3) is 0.312. The number of hydrogen-bond acceptors (Lipinski definition) is 3. The number of hydrogen-bond donors (Lipinski definition) is 0. The molecule has 1 atom stereocenters. The number of halogens is 1. The van der Waals surface area contributed by atoms with Gasteiger partial charge in [0.1, 0.15) is 6.04 Å². The Morgan fingerprint density at radius 3 is 2.65 bits per heavy atom. The number of nitrogens with zero attached hydrogens (tertiary/aromatic N) is 4. The molecule has 120 valence electrons. The average Bonchev–Trinajstić information content (AvgIpc) is 2.80. The van der Waals surface area contributed by atoms with E-state index in [-0.39, 0.29) is 6.61 Å². The van der Waals surface area contributed by atoms with Crippen molar-refractivity contribution < 1.29 is 9.53 Å². The number of aromatic nitrogens is 1. The van der Waals surface area contributed by atoms with E-state index >= 15 is 0 Å². The molecule has 1 aromatic carbocycles. The van der Waals surface area contributed by atoms with Crippen LogP contribution in [0.15, 0.2) is 35.6 Å². The van der Waals surface area contributed by atoms with Gasteiger partial charge in [0.05, 0.1) is 12.2 Å². The monoisotopic (exact) mass is 332 g/mol. The summed E-state index contributed by atoms with van der Waals surface area (Å²) in [6, 6.07) is 6.35. The zero-order valence-corrected chi connectivity index (χ0v) is 13.9. The van der Waals surface area contributed by atoms with Crippen LogP contribution in [0, 0.1) is 6.92 Å². The molecule has 0 saturated heterocycles. The minimum absolute atomic E-state index is 0.278. The molecule has 6 nitrogen and oxygen atoms in total. The zero-order valence-electron chi connectivity index (χ0n) is 13.2. The SMILES string of the molecule is CCOC(=O)c1c(C)cn(C)c1C(N=[N+]=[N-])c1ccc(Cl)cc1. The predicted molar refractivity (Wildman–Crippen MR) is 88.5 cm³/mol. The van der Waals surface area contributed by atoms with E-state index in [0.717, 1.165) is 11.1 Å². The largest absolute Gasteiger partial charge is 0.462 e. The lowest BCUT2D eigenvalue weighted by Gasteiger charge is -2.16. The Kier molecular flexibility index (Phi) is 5.32. The Morgan fingerprint density at radius 1 is 1.43 bits per heavy atom. The van der Waals surface area contributed by atoms with E-state index in [4.69, 9.17) is 21.9 Å². The molecule has 0 radical (unpaired) electrons. The molecule has 0 aliphatic rings. The summed E-state index contributed by atoms with van der Waals surface area (Å²) in [5, 5.41) is 4.47. The smallest absolute Gasteiger partial charge is 0.340 e. The van der Waals surface area contributed by atoms with Crippen LogP contribution in [0.3, 0.4) is 0 Å². The van der Waals surface area contributed by atoms with Gasteiger partial charge in [-0.2, -0.15) is 0 Å². The summed E-state index contributed by atoms with van der Waals surface area (Å²) in [4.78, 5) is 15.2. The summed E-state index contributed by atoms with van der Waals surface area (Å²) >= 11 is 5.92. The Balaban J connectivity index is 2.62. The van der Waals surface area contributed by atoms with Gasteiger partial charge in [0.25, 0.3) is 0 Å². The summed E-state index contributed by atoms with van der Waals surface area (Å²) in [6.45, 7) is 3.85. The van der Waals surface area contributed by atoms with E-state index in [9.17, 15) is 4.79 Å². The Labute approximate surface area is 139 Å². The minimum Gasteiger partial charge on any atom is -0.462 e. The number of benzene rings is 1. The lowest BCUT2D eigenvalue weighted by molar-refractivity contribution is 0.0524. The van der Waals surface area contributed by atoms with E-state index in [1.165, 1.54) is 0 Å². The maximum absolute atomic E-state index is 12.3. The lowest BCUT2D eigenvalue weighted by atomic mass is 10.00. The number of carbonyl (C=O) groups excluding carboxylic acids is 1. The van der Waals surface area contributed by atoms with Crippen molar-refractivity contribution in [1.82, 2.24) is 4.57 Å². The molecule has 0 spiro atoms. The van der Waals surface area contributed by atoms with Crippen LogP contribution >= 0.6 is 11.6 Å². The molecule has 2 rings (SSSR count). The molecule has 0 aliphatic carbocycles. The lowest BCUT2D eigenvalue weighted by Crippen LogP contribution is -2.13. The second-order valence-electron chi connectivity index (χ2n) is 5.06. The third-order valence-corrected chi connectivity index (χ3v) is 3.76. The normalized spacial score (nSPS) is 11.7. The van der Waals surface area contributed by atoms with Gasteiger partial charge in [0.2, 0.25) is 0 Å². The summed E-state index contributed by atoms with van der Waals surface area (Å²) in [5.74, 6) is -0.423. The molecule has 1 unspecified atom stereocenters. The minimum atomic E-state index is -0.643. The second kappa shape index (κ2) is 7.22. The first-order chi connectivity index (χ1) is 11.0. The molecule has 0 amide bonds. The number of azide groups is 1.